The Morgan fingerprint density at radius 1 is 1.44 bits per heavy atom. The molecule has 6 heteroatoms. The van der Waals surface area contributed by atoms with Gasteiger partial charge in [0.1, 0.15) is 0 Å². The van der Waals surface area contributed by atoms with Gasteiger partial charge in [-0.05, 0) is 28.1 Å². The van der Waals surface area contributed by atoms with Crippen LogP contribution in [-0.4, -0.2) is 35.5 Å². The Balaban J connectivity index is 2.43. The van der Waals surface area contributed by atoms with Crippen LogP contribution in [0.5, 0.6) is 0 Å². The van der Waals surface area contributed by atoms with E-state index in [9.17, 15) is 4.79 Å². The van der Waals surface area contributed by atoms with E-state index >= 15 is 0 Å². The summed E-state index contributed by atoms with van der Waals surface area (Å²) in [5.41, 5.74) is 0.637. The number of carbonyl (C=O) groups is 1. The van der Waals surface area contributed by atoms with E-state index in [-0.39, 0.29) is 13.2 Å². The zero-order chi connectivity index (χ0) is 12.0. The molecule has 2 amide bonds. The largest absolute Gasteiger partial charge is 0.394 e. The lowest BCUT2D eigenvalue weighted by atomic mass is 10.3. The van der Waals surface area contributed by atoms with Crippen molar-refractivity contribution in [2.24, 2.45) is 0 Å². The van der Waals surface area contributed by atoms with Crippen LogP contribution >= 0.6 is 15.9 Å². The van der Waals surface area contributed by atoms with Gasteiger partial charge >= 0.3 is 6.03 Å². The van der Waals surface area contributed by atoms with Crippen molar-refractivity contribution in [1.82, 2.24) is 5.32 Å². The standard InChI is InChI=1S/C10H13BrN2O3/c11-8-3-1-2-4-9(8)13-10(16)12-5-7(15)6-14/h1-4,7,14-15H,5-6H2,(H2,12,13,16). The minimum Gasteiger partial charge on any atom is -0.394 e. The third kappa shape index (κ3) is 4.18. The van der Waals surface area contributed by atoms with Crippen LogP contribution in [0.25, 0.3) is 0 Å². The molecule has 0 saturated heterocycles. The van der Waals surface area contributed by atoms with Gasteiger partial charge in [-0.25, -0.2) is 4.79 Å². The zero-order valence-electron chi connectivity index (χ0n) is 8.48. The summed E-state index contributed by atoms with van der Waals surface area (Å²) in [7, 11) is 0. The lowest BCUT2D eigenvalue weighted by Crippen LogP contribution is -2.36. The molecule has 0 radical (unpaired) electrons. The van der Waals surface area contributed by atoms with E-state index in [1.54, 1.807) is 18.2 Å². The van der Waals surface area contributed by atoms with Crippen molar-refractivity contribution < 1.29 is 15.0 Å². The second-order valence-electron chi connectivity index (χ2n) is 3.15. The number of urea groups is 1. The smallest absolute Gasteiger partial charge is 0.319 e. The van der Waals surface area contributed by atoms with E-state index in [1.165, 1.54) is 0 Å². The third-order valence-electron chi connectivity index (χ3n) is 1.83. The van der Waals surface area contributed by atoms with Crippen LogP contribution < -0.4 is 10.6 Å². The fourth-order valence-electron chi connectivity index (χ4n) is 1.00. The maximum atomic E-state index is 11.3. The zero-order valence-corrected chi connectivity index (χ0v) is 10.1. The van der Waals surface area contributed by atoms with Gasteiger partial charge in [0.15, 0.2) is 0 Å². The van der Waals surface area contributed by atoms with E-state index < -0.39 is 12.1 Å². The highest BCUT2D eigenvalue weighted by atomic mass is 79.9. The lowest BCUT2D eigenvalue weighted by molar-refractivity contribution is 0.0965. The molecule has 0 aliphatic rings. The summed E-state index contributed by atoms with van der Waals surface area (Å²) < 4.78 is 0.771. The highest BCUT2D eigenvalue weighted by Gasteiger charge is 2.06. The predicted molar refractivity (Wildman–Crippen MR) is 64.3 cm³/mol. The van der Waals surface area contributed by atoms with Crippen molar-refractivity contribution in [3.63, 3.8) is 0 Å². The SMILES string of the molecule is O=C(NCC(O)CO)Nc1ccccc1Br. The van der Waals surface area contributed by atoms with Gasteiger partial charge in [-0.3, -0.25) is 0 Å². The molecule has 0 fully saturated rings. The van der Waals surface area contributed by atoms with Crippen molar-refractivity contribution in [1.29, 1.82) is 0 Å². The van der Waals surface area contributed by atoms with Crippen molar-refractivity contribution in [2.75, 3.05) is 18.5 Å². The molecule has 16 heavy (non-hydrogen) atoms. The number of hydrogen-bond acceptors (Lipinski definition) is 3. The highest BCUT2D eigenvalue weighted by Crippen LogP contribution is 2.20. The van der Waals surface area contributed by atoms with Gasteiger partial charge in [-0.15, -0.1) is 0 Å². The summed E-state index contributed by atoms with van der Waals surface area (Å²) in [6.45, 7) is -0.373. The quantitative estimate of drug-likeness (QED) is 0.665. The Morgan fingerprint density at radius 3 is 2.75 bits per heavy atom. The number of benzene rings is 1. The van der Waals surface area contributed by atoms with Crippen LogP contribution in [-0.2, 0) is 0 Å². The number of anilines is 1. The molecule has 1 atom stereocenters. The summed E-state index contributed by atoms with van der Waals surface area (Å²) in [4.78, 5) is 11.3. The van der Waals surface area contributed by atoms with Gasteiger partial charge in [0.25, 0.3) is 0 Å². The minimum atomic E-state index is -0.940. The van der Waals surface area contributed by atoms with E-state index in [0.717, 1.165) is 4.47 Å². The first kappa shape index (κ1) is 13.0. The summed E-state index contributed by atoms with van der Waals surface area (Å²) in [6.07, 6.45) is -0.940. The fourth-order valence-corrected chi connectivity index (χ4v) is 1.39. The van der Waals surface area contributed by atoms with E-state index in [1.807, 2.05) is 6.07 Å². The van der Waals surface area contributed by atoms with Crippen LogP contribution in [0, 0.1) is 0 Å². The first-order valence-electron chi connectivity index (χ1n) is 4.71. The number of aliphatic hydroxyl groups is 2. The Morgan fingerprint density at radius 2 is 2.12 bits per heavy atom. The molecule has 0 aliphatic carbocycles. The number of carbonyl (C=O) groups excluding carboxylic acids is 1. The van der Waals surface area contributed by atoms with Gasteiger partial charge in [0.05, 0.1) is 18.4 Å². The fraction of sp³-hybridized carbons (Fsp3) is 0.300. The molecule has 5 nitrogen and oxygen atoms in total. The molecule has 0 aromatic heterocycles. The molecule has 1 aromatic carbocycles. The molecule has 1 aromatic rings. The maximum absolute atomic E-state index is 11.3. The maximum Gasteiger partial charge on any atom is 0.319 e. The Hall–Kier alpha value is -1.11. The van der Waals surface area contributed by atoms with Gasteiger partial charge in [-0.2, -0.15) is 0 Å². The van der Waals surface area contributed by atoms with Crippen LogP contribution in [0.1, 0.15) is 0 Å². The molecular formula is C10H13BrN2O3. The van der Waals surface area contributed by atoms with E-state index in [4.69, 9.17) is 10.2 Å². The Labute approximate surface area is 102 Å². The molecule has 4 N–H and O–H groups in total. The van der Waals surface area contributed by atoms with Crippen LogP contribution in [0.3, 0.4) is 0 Å². The topological polar surface area (TPSA) is 81.6 Å². The second-order valence-corrected chi connectivity index (χ2v) is 4.01. The van der Waals surface area contributed by atoms with Gasteiger partial charge in [0.2, 0.25) is 0 Å². The monoisotopic (exact) mass is 288 g/mol. The molecule has 0 aliphatic heterocycles. The number of nitrogens with one attached hydrogen (secondary N) is 2. The average molecular weight is 289 g/mol. The first-order chi connectivity index (χ1) is 7.63. The van der Waals surface area contributed by atoms with Gasteiger partial charge in [0, 0.05) is 11.0 Å². The summed E-state index contributed by atoms with van der Waals surface area (Å²) >= 11 is 3.29. The lowest BCUT2D eigenvalue weighted by Gasteiger charge is -2.11. The molecule has 0 saturated carbocycles. The number of hydrogen-bond donors (Lipinski definition) is 4. The van der Waals surface area contributed by atoms with Crippen molar-refractivity contribution in [3.8, 4) is 0 Å². The van der Waals surface area contributed by atoms with Crippen LogP contribution in [0.4, 0.5) is 10.5 Å². The molecule has 1 rings (SSSR count). The normalized spacial score (nSPS) is 11.9. The average Bonchev–Trinajstić information content (AvgIpc) is 2.29. The molecular weight excluding hydrogens is 276 g/mol. The number of para-hydroxylation sites is 1. The second kappa shape index (κ2) is 6.47. The number of aliphatic hydroxyl groups excluding tert-OH is 2. The highest BCUT2D eigenvalue weighted by molar-refractivity contribution is 9.10. The predicted octanol–water partition coefficient (Wildman–Crippen LogP) is 0.924. The van der Waals surface area contributed by atoms with E-state index in [2.05, 4.69) is 26.6 Å². The van der Waals surface area contributed by atoms with E-state index in [0.29, 0.717) is 5.69 Å². The summed E-state index contributed by atoms with van der Waals surface area (Å²) in [5, 5.41) is 22.6. The van der Waals surface area contributed by atoms with Crippen molar-refractivity contribution in [3.05, 3.63) is 28.7 Å². The van der Waals surface area contributed by atoms with Gasteiger partial charge < -0.3 is 20.8 Å². The number of halogens is 1. The van der Waals surface area contributed by atoms with Crippen molar-refractivity contribution >= 4 is 27.6 Å². The first-order valence-corrected chi connectivity index (χ1v) is 5.51. The molecule has 0 bridgehead atoms. The Bertz CT molecular complexity index is 360. The number of amides is 2. The molecule has 88 valence electrons. The summed E-state index contributed by atoms with van der Waals surface area (Å²) in [6, 6.07) is 6.75. The molecule has 1 unspecified atom stereocenters. The van der Waals surface area contributed by atoms with Crippen LogP contribution in [0.15, 0.2) is 28.7 Å². The Kier molecular flexibility index (Phi) is 5.24. The molecule has 0 spiro atoms. The summed E-state index contributed by atoms with van der Waals surface area (Å²) in [5.74, 6) is 0. The van der Waals surface area contributed by atoms with Crippen molar-refractivity contribution in [2.45, 2.75) is 6.10 Å². The van der Waals surface area contributed by atoms with Gasteiger partial charge in [-0.1, -0.05) is 12.1 Å². The van der Waals surface area contributed by atoms with Crippen LogP contribution in [0.2, 0.25) is 0 Å². The number of rotatable bonds is 4. The molecule has 0 heterocycles. The third-order valence-corrected chi connectivity index (χ3v) is 2.52. The minimum absolute atomic E-state index is 0.00673.